The highest BCUT2D eigenvalue weighted by Crippen LogP contribution is 2.27. The Bertz CT molecular complexity index is 921. The number of phenolic OH excluding ortho intramolecular Hbond substituents is 1. The molecule has 0 aliphatic rings. The van der Waals surface area contributed by atoms with E-state index >= 15 is 0 Å². The summed E-state index contributed by atoms with van der Waals surface area (Å²) in [7, 11) is 0. The van der Waals surface area contributed by atoms with E-state index in [1.165, 1.54) is 5.56 Å². The maximum atomic E-state index is 12.3. The molecule has 5 nitrogen and oxygen atoms in total. The van der Waals surface area contributed by atoms with Gasteiger partial charge in [-0.25, -0.2) is 4.98 Å². The molecule has 1 heterocycles. The first kappa shape index (κ1) is 17.7. The number of H-pyrrole nitrogens is 1. The molecule has 0 spiro atoms. The van der Waals surface area contributed by atoms with E-state index in [9.17, 15) is 9.90 Å². The van der Waals surface area contributed by atoms with E-state index < -0.39 is 0 Å². The van der Waals surface area contributed by atoms with Crippen LogP contribution in [0.1, 0.15) is 22.5 Å². The summed E-state index contributed by atoms with van der Waals surface area (Å²) in [5.74, 6) is 1.41. The van der Waals surface area contributed by atoms with Crippen molar-refractivity contribution in [3.8, 4) is 22.8 Å². The average molecular weight is 350 g/mol. The van der Waals surface area contributed by atoms with Crippen molar-refractivity contribution in [2.45, 2.75) is 27.2 Å². The van der Waals surface area contributed by atoms with Gasteiger partial charge < -0.3 is 14.8 Å². The van der Waals surface area contributed by atoms with Gasteiger partial charge in [0, 0.05) is 5.56 Å². The van der Waals surface area contributed by atoms with E-state index in [0.29, 0.717) is 17.1 Å². The lowest BCUT2D eigenvalue weighted by Gasteiger charge is -2.12. The van der Waals surface area contributed by atoms with Crippen LogP contribution in [0.25, 0.3) is 11.3 Å². The topological polar surface area (TPSA) is 75.2 Å². The lowest BCUT2D eigenvalue weighted by atomic mass is 10.1. The van der Waals surface area contributed by atoms with Crippen molar-refractivity contribution in [3.05, 3.63) is 65.1 Å². The molecule has 0 aliphatic heterocycles. The van der Waals surface area contributed by atoms with Gasteiger partial charge in [-0.2, -0.15) is 0 Å². The van der Waals surface area contributed by atoms with Crippen LogP contribution in [0.15, 0.2) is 42.6 Å². The van der Waals surface area contributed by atoms with E-state index in [1.807, 2.05) is 39.0 Å². The van der Waals surface area contributed by atoms with Gasteiger partial charge in [0.05, 0.1) is 18.3 Å². The largest absolute Gasteiger partial charge is 0.507 e. The van der Waals surface area contributed by atoms with Crippen LogP contribution in [0.5, 0.6) is 11.5 Å². The molecule has 5 heteroatoms. The van der Waals surface area contributed by atoms with Gasteiger partial charge in [-0.1, -0.05) is 29.8 Å². The van der Waals surface area contributed by atoms with E-state index in [0.717, 1.165) is 16.9 Å². The third kappa shape index (κ3) is 3.94. The third-order valence-electron chi connectivity index (χ3n) is 4.17. The first-order valence-corrected chi connectivity index (χ1v) is 8.48. The number of rotatable bonds is 6. The smallest absolute Gasteiger partial charge is 0.177 e. The number of nitrogens with zero attached hydrogens (tertiary/aromatic N) is 1. The fourth-order valence-corrected chi connectivity index (χ4v) is 3.08. The summed E-state index contributed by atoms with van der Waals surface area (Å²) in [6.07, 6.45) is 1.77. The predicted octanol–water partition coefficient (Wildman–Crippen LogP) is 3.90. The lowest BCUT2D eigenvalue weighted by Crippen LogP contribution is -2.15. The summed E-state index contributed by atoms with van der Waals surface area (Å²) >= 11 is 0. The maximum Gasteiger partial charge on any atom is 0.177 e. The standard InChI is InChI=1S/C21H22N2O3/c1-13-8-14(2)21(15(3)9-13)26-12-16(24)10-20-22-11-18(23-20)17-6-4-5-7-19(17)25/h4-9,11,25H,10,12H2,1-3H3,(H,22,23). The molecule has 0 atom stereocenters. The molecule has 0 unspecified atom stereocenters. The summed E-state index contributed by atoms with van der Waals surface area (Å²) in [6, 6.07) is 11.1. The molecule has 0 bridgehead atoms. The Labute approximate surface area is 152 Å². The number of para-hydroxylation sites is 1. The number of hydrogen-bond donors (Lipinski definition) is 2. The number of aromatic hydroxyl groups is 1. The second-order valence-corrected chi connectivity index (χ2v) is 6.49. The van der Waals surface area contributed by atoms with Gasteiger partial charge in [-0.05, 0) is 44.0 Å². The fourth-order valence-electron chi connectivity index (χ4n) is 3.08. The van der Waals surface area contributed by atoms with Crippen LogP contribution in [0, 0.1) is 20.8 Å². The number of aromatic amines is 1. The lowest BCUT2D eigenvalue weighted by molar-refractivity contribution is -0.120. The molecule has 0 aliphatic carbocycles. The van der Waals surface area contributed by atoms with E-state index in [2.05, 4.69) is 9.97 Å². The summed E-state index contributed by atoms with van der Waals surface area (Å²) in [6.45, 7) is 5.99. The highest BCUT2D eigenvalue weighted by molar-refractivity contribution is 5.82. The highest BCUT2D eigenvalue weighted by atomic mass is 16.5. The Morgan fingerprint density at radius 3 is 2.54 bits per heavy atom. The first-order chi connectivity index (χ1) is 12.4. The van der Waals surface area contributed by atoms with Gasteiger partial charge in [0.15, 0.2) is 5.78 Å². The number of Topliss-reactive ketones (excluding diaryl/α,β-unsaturated/α-hetero) is 1. The molecule has 0 radical (unpaired) electrons. The van der Waals surface area contributed by atoms with Crippen molar-refractivity contribution in [3.63, 3.8) is 0 Å². The molecular weight excluding hydrogens is 328 g/mol. The predicted molar refractivity (Wildman–Crippen MR) is 101 cm³/mol. The molecule has 0 fully saturated rings. The third-order valence-corrected chi connectivity index (χ3v) is 4.17. The SMILES string of the molecule is Cc1cc(C)c(OCC(=O)Cc2ncc(-c3ccccc3O)[nH]2)c(C)c1. The summed E-state index contributed by atoms with van der Waals surface area (Å²) in [4.78, 5) is 19.6. The van der Waals surface area contributed by atoms with Crippen molar-refractivity contribution in [1.29, 1.82) is 0 Å². The highest BCUT2D eigenvalue weighted by Gasteiger charge is 2.12. The molecular formula is C21H22N2O3. The molecule has 0 saturated carbocycles. The normalized spacial score (nSPS) is 10.7. The van der Waals surface area contributed by atoms with Gasteiger partial charge in [-0.15, -0.1) is 0 Å². The average Bonchev–Trinajstić information content (AvgIpc) is 3.02. The number of carbonyl (C=O) groups is 1. The van der Waals surface area contributed by atoms with Crippen molar-refractivity contribution >= 4 is 5.78 Å². The molecule has 0 saturated heterocycles. The van der Waals surface area contributed by atoms with Gasteiger partial charge in [0.25, 0.3) is 0 Å². The van der Waals surface area contributed by atoms with Crippen molar-refractivity contribution in [1.82, 2.24) is 9.97 Å². The molecule has 0 amide bonds. The van der Waals surface area contributed by atoms with E-state index in [4.69, 9.17) is 4.74 Å². The maximum absolute atomic E-state index is 12.3. The van der Waals surface area contributed by atoms with E-state index in [1.54, 1.807) is 24.4 Å². The number of nitrogens with one attached hydrogen (secondary N) is 1. The molecule has 1 aromatic heterocycles. The number of ether oxygens (including phenoxy) is 1. The summed E-state index contributed by atoms with van der Waals surface area (Å²) < 4.78 is 5.74. The van der Waals surface area contributed by atoms with Gasteiger partial charge in [0.2, 0.25) is 0 Å². The van der Waals surface area contributed by atoms with Crippen LogP contribution in [-0.4, -0.2) is 27.5 Å². The van der Waals surface area contributed by atoms with Crippen molar-refractivity contribution in [2.75, 3.05) is 6.61 Å². The van der Waals surface area contributed by atoms with Crippen LogP contribution < -0.4 is 4.74 Å². The Hall–Kier alpha value is -3.08. The number of imidazole rings is 1. The second kappa shape index (κ2) is 7.44. The quantitative estimate of drug-likeness (QED) is 0.707. The number of carbonyl (C=O) groups excluding carboxylic acids is 1. The molecule has 2 aromatic carbocycles. The number of hydrogen-bond acceptors (Lipinski definition) is 4. The van der Waals surface area contributed by atoms with Crippen LogP contribution >= 0.6 is 0 Å². The summed E-state index contributed by atoms with van der Waals surface area (Å²) in [5, 5.41) is 9.90. The zero-order valence-corrected chi connectivity index (χ0v) is 15.2. The molecule has 2 N–H and O–H groups in total. The Morgan fingerprint density at radius 1 is 1.15 bits per heavy atom. The number of phenols is 1. The minimum atomic E-state index is -0.0671. The Morgan fingerprint density at radius 2 is 1.85 bits per heavy atom. The van der Waals surface area contributed by atoms with Gasteiger partial charge >= 0.3 is 0 Å². The molecule has 3 rings (SSSR count). The summed E-state index contributed by atoms with van der Waals surface area (Å²) in [5.41, 5.74) is 4.55. The minimum Gasteiger partial charge on any atom is -0.507 e. The minimum absolute atomic E-state index is 0.00262. The number of aryl methyl sites for hydroxylation is 3. The monoisotopic (exact) mass is 350 g/mol. The molecule has 26 heavy (non-hydrogen) atoms. The number of aromatic nitrogens is 2. The first-order valence-electron chi connectivity index (χ1n) is 8.48. The Balaban J connectivity index is 1.64. The van der Waals surface area contributed by atoms with Gasteiger partial charge in [0.1, 0.15) is 23.9 Å². The zero-order valence-electron chi connectivity index (χ0n) is 15.2. The van der Waals surface area contributed by atoms with Crippen LogP contribution in [0.2, 0.25) is 0 Å². The number of ketones is 1. The van der Waals surface area contributed by atoms with Crippen LogP contribution in [-0.2, 0) is 11.2 Å². The number of benzene rings is 2. The zero-order chi connectivity index (χ0) is 18.7. The van der Waals surface area contributed by atoms with Crippen LogP contribution in [0.3, 0.4) is 0 Å². The second-order valence-electron chi connectivity index (χ2n) is 6.49. The molecule has 134 valence electrons. The van der Waals surface area contributed by atoms with Gasteiger partial charge in [-0.3, -0.25) is 4.79 Å². The fraction of sp³-hybridized carbons (Fsp3) is 0.238. The van der Waals surface area contributed by atoms with Crippen LogP contribution in [0.4, 0.5) is 0 Å². The molecule has 3 aromatic rings. The Kier molecular flexibility index (Phi) is 5.07. The van der Waals surface area contributed by atoms with Crippen molar-refractivity contribution < 1.29 is 14.6 Å². The van der Waals surface area contributed by atoms with E-state index in [-0.39, 0.29) is 24.6 Å². The van der Waals surface area contributed by atoms with Crippen molar-refractivity contribution in [2.24, 2.45) is 0 Å².